The van der Waals surface area contributed by atoms with Gasteiger partial charge in [0.2, 0.25) is 5.91 Å². The van der Waals surface area contributed by atoms with Crippen LogP contribution in [0.1, 0.15) is 12.8 Å². The Labute approximate surface area is 174 Å². The van der Waals surface area contributed by atoms with Gasteiger partial charge in [-0.2, -0.15) is 0 Å². The molecule has 0 spiro atoms. The maximum Gasteiger partial charge on any atom is 0.276 e. The van der Waals surface area contributed by atoms with Crippen molar-refractivity contribution in [1.29, 1.82) is 0 Å². The zero-order valence-electron chi connectivity index (χ0n) is 14.9. The van der Waals surface area contributed by atoms with Gasteiger partial charge in [0.05, 0.1) is 23.1 Å². The number of carbonyl (C=O) groups excluding carboxylic acids is 1. The van der Waals surface area contributed by atoms with Crippen molar-refractivity contribution in [3.05, 3.63) is 51.1 Å². The van der Waals surface area contributed by atoms with Gasteiger partial charge in [-0.15, -0.1) is 11.3 Å². The summed E-state index contributed by atoms with van der Waals surface area (Å²) in [4.78, 5) is 29.9. The minimum Gasteiger partial charge on any atom is -0.376 e. The molecule has 146 valence electrons. The van der Waals surface area contributed by atoms with E-state index in [2.05, 4.69) is 10.3 Å². The number of rotatable bonds is 6. The number of carbonyl (C=O) groups is 1. The van der Waals surface area contributed by atoms with Crippen LogP contribution in [0.2, 0.25) is 5.02 Å². The van der Waals surface area contributed by atoms with Crippen molar-refractivity contribution in [3.8, 4) is 5.69 Å². The summed E-state index contributed by atoms with van der Waals surface area (Å²) in [6, 6.07) is 8.81. The lowest BCUT2D eigenvalue weighted by atomic mass is 10.2. The lowest BCUT2D eigenvalue weighted by Crippen LogP contribution is -2.33. The van der Waals surface area contributed by atoms with E-state index in [-0.39, 0.29) is 23.3 Å². The lowest BCUT2D eigenvalue weighted by molar-refractivity contribution is -0.119. The van der Waals surface area contributed by atoms with E-state index in [0.29, 0.717) is 32.6 Å². The molecule has 1 aliphatic rings. The molecule has 0 aliphatic carbocycles. The largest absolute Gasteiger partial charge is 0.376 e. The molecule has 1 fully saturated rings. The van der Waals surface area contributed by atoms with Crippen molar-refractivity contribution in [2.45, 2.75) is 24.1 Å². The Morgan fingerprint density at radius 1 is 1.36 bits per heavy atom. The number of halogens is 1. The van der Waals surface area contributed by atoms with E-state index in [1.54, 1.807) is 24.3 Å². The third-order valence-corrected chi connectivity index (χ3v) is 6.50. The smallest absolute Gasteiger partial charge is 0.276 e. The van der Waals surface area contributed by atoms with Gasteiger partial charge in [-0.25, -0.2) is 4.98 Å². The summed E-state index contributed by atoms with van der Waals surface area (Å²) in [5, 5.41) is 5.80. The van der Waals surface area contributed by atoms with E-state index in [4.69, 9.17) is 16.3 Å². The molecular weight excluding hydrogens is 418 g/mol. The first-order chi connectivity index (χ1) is 13.6. The average Bonchev–Trinajstić information content (AvgIpc) is 3.37. The van der Waals surface area contributed by atoms with E-state index < -0.39 is 0 Å². The number of fused-ring (bicyclic) bond motifs is 1. The lowest BCUT2D eigenvalue weighted by Gasteiger charge is -2.13. The Morgan fingerprint density at radius 3 is 2.93 bits per heavy atom. The molecule has 0 unspecified atom stereocenters. The highest BCUT2D eigenvalue weighted by atomic mass is 35.5. The zero-order valence-corrected chi connectivity index (χ0v) is 17.3. The van der Waals surface area contributed by atoms with Gasteiger partial charge in [-0.05, 0) is 48.6 Å². The molecule has 0 radical (unpaired) electrons. The van der Waals surface area contributed by atoms with Crippen molar-refractivity contribution in [3.63, 3.8) is 0 Å². The fraction of sp³-hybridized carbons (Fsp3) is 0.316. The van der Waals surface area contributed by atoms with E-state index in [1.165, 1.54) is 27.7 Å². The number of nitrogens with one attached hydrogen (secondary N) is 1. The van der Waals surface area contributed by atoms with E-state index in [1.807, 2.05) is 11.4 Å². The number of benzene rings is 1. The molecule has 1 aliphatic heterocycles. The number of hydrogen-bond donors (Lipinski definition) is 1. The normalized spacial score (nSPS) is 16.5. The highest BCUT2D eigenvalue weighted by molar-refractivity contribution is 7.99. The maximum absolute atomic E-state index is 13.0. The van der Waals surface area contributed by atoms with Crippen LogP contribution in [0.4, 0.5) is 0 Å². The monoisotopic (exact) mass is 435 g/mol. The van der Waals surface area contributed by atoms with Crippen molar-refractivity contribution in [1.82, 2.24) is 14.9 Å². The quantitative estimate of drug-likeness (QED) is 0.474. The summed E-state index contributed by atoms with van der Waals surface area (Å²) in [5.74, 6) is 0.0605. The molecule has 28 heavy (non-hydrogen) atoms. The minimum atomic E-state index is -0.149. The molecule has 3 heterocycles. The van der Waals surface area contributed by atoms with Crippen molar-refractivity contribution in [2.75, 3.05) is 18.9 Å². The predicted molar refractivity (Wildman–Crippen MR) is 113 cm³/mol. The highest BCUT2D eigenvalue weighted by Gasteiger charge is 2.18. The van der Waals surface area contributed by atoms with Gasteiger partial charge in [0.15, 0.2) is 5.16 Å². The fourth-order valence-electron chi connectivity index (χ4n) is 3.02. The fourth-order valence-corrected chi connectivity index (χ4v) is 4.75. The second-order valence-corrected chi connectivity index (χ2v) is 8.67. The number of aromatic nitrogens is 2. The minimum absolute atomic E-state index is 0.0986. The van der Waals surface area contributed by atoms with Crippen molar-refractivity contribution < 1.29 is 9.53 Å². The van der Waals surface area contributed by atoms with Gasteiger partial charge in [0.25, 0.3) is 5.56 Å². The zero-order chi connectivity index (χ0) is 19.5. The van der Waals surface area contributed by atoms with Crippen LogP contribution < -0.4 is 10.9 Å². The SMILES string of the molecule is O=C(CSc1nc2ccsc2c(=O)n1-c1ccc(Cl)cc1)NC[C@H]1CCCO1. The standard InChI is InChI=1S/C19H18ClN3O3S2/c20-12-3-5-13(6-4-12)23-18(25)17-15(7-9-27-17)22-19(23)28-11-16(24)21-10-14-2-1-8-26-14/h3-7,9,14H,1-2,8,10-11H2,(H,21,24)/t14-/m1/s1. The van der Waals surface area contributed by atoms with Gasteiger partial charge in [-0.3, -0.25) is 14.2 Å². The van der Waals surface area contributed by atoms with Crippen molar-refractivity contribution in [2.24, 2.45) is 0 Å². The number of ether oxygens (including phenoxy) is 1. The molecule has 9 heteroatoms. The third-order valence-electron chi connectivity index (χ3n) is 4.42. The number of hydrogen-bond acceptors (Lipinski definition) is 6. The number of thioether (sulfide) groups is 1. The molecule has 4 rings (SSSR count). The highest BCUT2D eigenvalue weighted by Crippen LogP contribution is 2.24. The maximum atomic E-state index is 13.0. The first kappa shape index (κ1) is 19.4. The molecule has 3 aromatic rings. The van der Waals surface area contributed by atoms with Crippen molar-refractivity contribution >= 4 is 50.8 Å². The van der Waals surface area contributed by atoms with E-state index in [9.17, 15) is 9.59 Å². The Hall–Kier alpha value is -1.87. The van der Waals surface area contributed by atoms with Crippen LogP contribution in [0.3, 0.4) is 0 Å². The van der Waals surface area contributed by atoms with Gasteiger partial charge >= 0.3 is 0 Å². The second-order valence-electron chi connectivity index (χ2n) is 6.37. The van der Waals surface area contributed by atoms with Gasteiger partial charge < -0.3 is 10.1 Å². The molecule has 1 aromatic carbocycles. The molecule has 1 N–H and O–H groups in total. The summed E-state index contributed by atoms with van der Waals surface area (Å²) in [6.07, 6.45) is 2.11. The predicted octanol–water partition coefficient (Wildman–Crippen LogP) is 3.49. The number of thiophene rings is 1. The van der Waals surface area contributed by atoms with Crippen LogP contribution in [0.25, 0.3) is 15.9 Å². The molecule has 0 saturated carbocycles. The van der Waals surface area contributed by atoms with E-state index >= 15 is 0 Å². The van der Waals surface area contributed by atoms with Gasteiger partial charge in [0.1, 0.15) is 4.70 Å². The Bertz CT molecular complexity index is 1040. The Kier molecular flexibility index (Phi) is 6.01. The topological polar surface area (TPSA) is 73.2 Å². The first-order valence-corrected chi connectivity index (χ1v) is 11.1. The molecule has 1 saturated heterocycles. The summed E-state index contributed by atoms with van der Waals surface area (Å²) in [6.45, 7) is 1.27. The average molecular weight is 436 g/mol. The first-order valence-electron chi connectivity index (χ1n) is 8.89. The summed E-state index contributed by atoms with van der Waals surface area (Å²) in [7, 11) is 0. The Morgan fingerprint density at radius 2 is 2.18 bits per heavy atom. The molecule has 1 atom stereocenters. The van der Waals surface area contributed by atoms with Crippen LogP contribution in [0.5, 0.6) is 0 Å². The molecule has 2 aromatic heterocycles. The molecule has 1 amide bonds. The van der Waals surface area contributed by atoms with Gasteiger partial charge in [0, 0.05) is 18.2 Å². The summed E-state index contributed by atoms with van der Waals surface area (Å²) < 4.78 is 7.64. The van der Waals surface area contributed by atoms with Gasteiger partial charge in [-0.1, -0.05) is 23.4 Å². The Balaban J connectivity index is 1.56. The van der Waals surface area contributed by atoms with Crippen LogP contribution in [-0.4, -0.2) is 40.5 Å². The van der Waals surface area contributed by atoms with E-state index in [0.717, 1.165) is 19.4 Å². The van der Waals surface area contributed by atoms with Crippen LogP contribution in [0.15, 0.2) is 45.7 Å². The number of nitrogens with zero attached hydrogens (tertiary/aromatic N) is 2. The second kappa shape index (κ2) is 8.65. The third kappa shape index (κ3) is 4.25. The summed E-state index contributed by atoms with van der Waals surface area (Å²) in [5.41, 5.74) is 1.16. The van der Waals surface area contributed by atoms with Crippen LogP contribution >= 0.6 is 34.7 Å². The van der Waals surface area contributed by atoms with Crippen LogP contribution in [0, 0.1) is 0 Å². The number of amides is 1. The molecule has 6 nitrogen and oxygen atoms in total. The molecular formula is C19H18ClN3O3S2. The van der Waals surface area contributed by atoms with Crippen LogP contribution in [-0.2, 0) is 9.53 Å². The molecule has 0 bridgehead atoms. The summed E-state index contributed by atoms with van der Waals surface area (Å²) >= 11 is 8.57.